The molecule has 1 aliphatic rings. The van der Waals surface area contributed by atoms with Gasteiger partial charge in [0.2, 0.25) is 6.17 Å². The van der Waals surface area contributed by atoms with Crippen molar-refractivity contribution >= 4 is 17.7 Å². The number of anilines is 1. The molecular formula is C27H37FN4O4. The number of aromatic nitrogens is 1. The maximum Gasteiger partial charge on any atom is 0.326 e. The summed E-state index contributed by atoms with van der Waals surface area (Å²) in [4.78, 5) is 30.9. The number of unbranched alkanes of at least 4 members (excludes halogenated alkanes) is 1. The van der Waals surface area contributed by atoms with E-state index in [1.807, 2.05) is 0 Å². The highest BCUT2D eigenvalue weighted by Gasteiger charge is 2.26. The number of ether oxygens (including phenoxy) is 1. The zero-order valence-corrected chi connectivity index (χ0v) is 20.9. The topological polar surface area (TPSA) is 104 Å². The van der Waals surface area contributed by atoms with Crippen LogP contribution in [0.15, 0.2) is 42.5 Å². The van der Waals surface area contributed by atoms with Gasteiger partial charge in [-0.1, -0.05) is 36.4 Å². The number of benzene rings is 1. The van der Waals surface area contributed by atoms with E-state index in [0.717, 1.165) is 56.7 Å². The minimum absolute atomic E-state index is 0.171. The van der Waals surface area contributed by atoms with Crippen LogP contribution in [-0.4, -0.2) is 72.8 Å². The second-order valence-electron chi connectivity index (χ2n) is 9.09. The van der Waals surface area contributed by atoms with Gasteiger partial charge in [0.25, 0.3) is 5.91 Å². The molecule has 1 aromatic heterocycles. The largest absolute Gasteiger partial charge is 0.480 e. The van der Waals surface area contributed by atoms with Crippen LogP contribution in [0, 0.1) is 0 Å². The van der Waals surface area contributed by atoms with E-state index >= 15 is 0 Å². The molecule has 2 unspecified atom stereocenters. The number of nitrogens with zero attached hydrogens (tertiary/aromatic N) is 2. The van der Waals surface area contributed by atoms with Crippen LogP contribution >= 0.6 is 0 Å². The molecule has 0 radical (unpaired) electrons. The summed E-state index contributed by atoms with van der Waals surface area (Å²) in [6.45, 7) is 3.34. The molecule has 2 heterocycles. The summed E-state index contributed by atoms with van der Waals surface area (Å²) in [5, 5.41) is 15.3. The fourth-order valence-electron chi connectivity index (χ4n) is 4.29. The summed E-state index contributed by atoms with van der Waals surface area (Å²) in [5.74, 6) is -1.11. The van der Waals surface area contributed by atoms with Crippen molar-refractivity contribution in [3.8, 4) is 0 Å². The fourth-order valence-corrected chi connectivity index (χ4v) is 4.29. The van der Waals surface area contributed by atoms with E-state index in [2.05, 4.69) is 27.7 Å². The van der Waals surface area contributed by atoms with Crippen LogP contribution in [0.3, 0.4) is 0 Å². The van der Waals surface area contributed by atoms with Crippen molar-refractivity contribution in [2.24, 2.45) is 0 Å². The number of methoxy groups -OCH3 is 1. The smallest absolute Gasteiger partial charge is 0.326 e. The molecule has 1 aliphatic heterocycles. The molecule has 2 atom stereocenters. The predicted octanol–water partition coefficient (Wildman–Crippen LogP) is 3.38. The third-order valence-electron chi connectivity index (χ3n) is 6.39. The number of carbonyl (C=O) groups excluding carboxylic acids is 1. The van der Waals surface area contributed by atoms with Crippen molar-refractivity contribution in [1.82, 2.24) is 15.2 Å². The fraction of sp³-hybridized carbons (Fsp3) is 0.519. The highest BCUT2D eigenvalue weighted by atomic mass is 19.1. The van der Waals surface area contributed by atoms with Gasteiger partial charge in [0.15, 0.2) is 0 Å². The van der Waals surface area contributed by atoms with Gasteiger partial charge >= 0.3 is 5.97 Å². The van der Waals surface area contributed by atoms with Crippen LogP contribution in [0.25, 0.3) is 0 Å². The Kier molecular flexibility index (Phi) is 11.1. The molecule has 0 saturated carbocycles. The van der Waals surface area contributed by atoms with Crippen molar-refractivity contribution in [1.29, 1.82) is 0 Å². The zero-order chi connectivity index (χ0) is 25.8. The van der Waals surface area contributed by atoms with E-state index in [9.17, 15) is 19.1 Å². The van der Waals surface area contributed by atoms with Crippen LogP contribution in [0.4, 0.5) is 10.2 Å². The Morgan fingerprint density at radius 2 is 1.97 bits per heavy atom. The average Bonchev–Trinajstić information content (AvgIpc) is 2.90. The molecule has 8 nitrogen and oxygen atoms in total. The molecule has 2 aromatic rings. The predicted molar refractivity (Wildman–Crippen MR) is 137 cm³/mol. The summed E-state index contributed by atoms with van der Waals surface area (Å²) in [6.07, 6.45) is 3.21. The third-order valence-corrected chi connectivity index (χ3v) is 6.39. The number of aryl methyl sites for hydroxylation is 2. The van der Waals surface area contributed by atoms with E-state index in [1.165, 1.54) is 17.7 Å². The van der Waals surface area contributed by atoms with Crippen molar-refractivity contribution < 1.29 is 23.8 Å². The third kappa shape index (κ3) is 8.57. The van der Waals surface area contributed by atoms with Gasteiger partial charge in [0.1, 0.15) is 11.9 Å². The van der Waals surface area contributed by atoms with Gasteiger partial charge in [-0.3, -0.25) is 4.79 Å². The summed E-state index contributed by atoms with van der Waals surface area (Å²) in [6, 6.07) is 11.1. The number of pyridine rings is 1. The van der Waals surface area contributed by atoms with Crippen LogP contribution < -0.4 is 10.6 Å². The molecule has 0 fully saturated rings. The highest BCUT2D eigenvalue weighted by molar-refractivity contribution is 5.87. The van der Waals surface area contributed by atoms with Gasteiger partial charge in [-0.25, -0.2) is 14.2 Å². The highest BCUT2D eigenvalue weighted by Crippen LogP contribution is 2.20. The Labute approximate surface area is 212 Å². The lowest BCUT2D eigenvalue weighted by atomic mass is 10.1. The number of nitrogens with one attached hydrogen (secondary N) is 2. The number of rotatable bonds is 15. The lowest BCUT2D eigenvalue weighted by Gasteiger charge is -2.24. The summed E-state index contributed by atoms with van der Waals surface area (Å²) in [5.41, 5.74) is 2.54. The maximum atomic E-state index is 14.5. The first kappa shape index (κ1) is 27.5. The van der Waals surface area contributed by atoms with Gasteiger partial charge in [0, 0.05) is 32.4 Å². The van der Waals surface area contributed by atoms with E-state index in [0.29, 0.717) is 19.7 Å². The SMILES string of the molecule is COCCN(CCCCc1ccc2c(n1)NCCC2)CCC(NC(=O)C(F)c1ccccc1)C(=O)O. The number of aliphatic carboxylic acids is 1. The normalized spacial score (nSPS) is 14.5. The van der Waals surface area contributed by atoms with Gasteiger partial charge in [-0.15, -0.1) is 0 Å². The molecule has 0 aliphatic carbocycles. The lowest BCUT2D eigenvalue weighted by molar-refractivity contribution is -0.143. The van der Waals surface area contributed by atoms with Crippen molar-refractivity contribution in [3.05, 3.63) is 59.3 Å². The number of carbonyl (C=O) groups is 2. The quantitative estimate of drug-likeness (QED) is 0.322. The summed E-state index contributed by atoms with van der Waals surface area (Å²) >= 11 is 0. The van der Waals surface area contributed by atoms with Crippen LogP contribution in [0.5, 0.6) is 0 Å². The lowest BCUT2D eigenvalue weighted by Crippen LogP contribution is -2.44. The van der Waals surface area contributed by atoms with Gasteiger partial charge < -0.3 is 25.4 Å². The van der Waals surface area contributed by atoms with Crippen LogP contribution in [-0.2, 0) is 27.2 Å². The zero-order valence-electron chi connectivity index (χ0n) is 20.9. The van der Waals surface area contributed by atoms with E-state index in [-0.39, 0.29) is 12.0 Å². The molecule has 36 heavy (non-hydrogen) atoms. The molecule has 196 valence electrons. The molecule has 0 spiro atoms. The second-order valence-corrected chi connectivity index (χ2v) is 9.09. The minimum atomic E-state index is -1.91. The maximum absolute atomic E-state index is 14.5. The molecular weight excluding hydrogens is 463 g/mol. The molecule has 9 heteroatoms. The Morgan fingerprint density at radius 1 is 1.17 bits per heavy atom. The number of fused-ring (bicyclic) bond motifs is 1. The van der Waals surface area contributed by atoms with E-state index in [1.54, 1.807) is 25.3 Å². The van der Waals surface area contributed by atoms with Gasteiger partial charge in [-0.2, -0.15) is 0 Å². The van der Waals surface area contributed by atoms with Crippen molar-refractivity contribution in [3.63, 3.8) is 0 Å². The second kappa shape index (κ2) is 14.5. The van der Waals surface area contributed by atoms with Gasteiger partial charge in [0.05, 0.1) is 6.61 Å². The molecule has 0 bridgehead atoms. The molecule has 3 N–H and O–H groups in total. The first-order valence-corrected chi connectivity index (χ1v) is 12.6. The number of hydrogen-bond acceptors (Lipinski definition) is 6. The number of halogens is 1. The van der Waals surface area contributed by atoms with Crippen LogP contribution in [0.2, 0.25) is 0 Å². The summed E-state index contributed by atoms with van der Waals surface area (Å²) < 4.78 is 19.7. The summed E-state index contributed by atoms with van der Waals surface area (Å²) in [7, 11) is 1.62. The molecule has 1 aromatic carbocycles. The first-order chi connectivity index (χ1) is 17.5. The van der Waals surface area contributed by atoms with Gasteiger partial charge in [-0.05, 0) is 62.3 Å². The van der Waals surface area contributed by atoms with Crippen molar-refractivity contribution in [2.45, 2.75) is 50.7 Å². The first-order valence-electron chi connectivity index (χ1n) is 12.6. The van der Waals surface area contributed by atoms with E-state index < -0.39 is 24.1 Å². The number of carboxylic acid groups (broad SMARTS) is 1. The number of alkyl halides is 1. The monoisotopic (exact) mass is 500 g/mol. The Bertz CT molecular complexity index is 976. The molecule has 1 amide bonds. The molecule has 3 rings (SSSR count). The Balaban J connectivity index is 1.46. The Morgan fingerprint density at radius 3 is 2.72 bits per heavy atom. The number of amides is 1. The van der Waals surface area contributed by atoms with E-state index in [4.69, 9.17) is 9.72 Å². The Hall–Kier alpha value is -3.04. The number of hydrogen-bond donors (Lipinski definition) is 3. The number of carboxylic acids is 1. The molecule has 0 saturated heterocycles. The van der Waals surface area contributed by atoms with Crippen LogP contribution in [0.1, 0.15) is 48.7 Å². The minimum Gasteiger partial charge on any atom is -0.480 e. The average molecular weight is 501 g/mol. The standard InChI is InChI=1S/C27H37FN4O4/c1-36-19-18-32(16-6-5-11-22-13-12-21-10-7-15-29-25(21)30-22)17-14-23(27(34)35)31-26(33)24(28)20-8-3-2-4-9-20/h2-4,8-9,12-13,23-24H,5-7,10-11,14-19H2,1H3,(H,29,30)(H,31,33)(H,34,35). The van der Waals surface area contributed by atoms with Crippen molar-refractivity contribution in [2.75, 3.05) is 45.2 Å².